The van der Waals surface area contributed by atoms with Gasteiger partial charge in [-0.15, -0.1) is 0 Å². The fourth-order valence-electron chi connectivity index (χ4n) is 1.90. The topological polar surface area (TPSA) is 3.24 Å². The fourth-order valence-corrected chi connectivity index (χ4v) is 1.90. The van der Waals surface area contributed by atoms with Gasteiger partial charge in [-0.25, -0.2) is 8.78 Å². The number of alkyl halides is 2. The van der Waals surface area contributed by atoms with Gasteiger partial charge in [-0.2, -0.15) is 0 Å². The van der Waals surface area contributed by atoms with Gasteiger partial charge in [0.1, 0.15) is 0 Å². The van der Waals surface area contributed by atoms with Gasteiger partial charge in [0, 0.05) is 13.0 Å². The van der Waals surface area contributed by atoms with E-state index in [1.54, 1.807) is 0 Å². The van der Waals surface area contributed by atoms with Crippen molar-refractivity contribution in [2.24, 2.45) is 11.3 Å². The lowest BCUT2D eigenvalue weighted by Gasteiger charge is -2.24. The van der Waals surface area contributed by atoms with E-state index in [0.29, 0.717) is 6.54 Å². The average Bonchev–Trinajstić information content (AvgIpc) is 2.33. The summed E-state index contributed by atoms with van der Waals surface area (Å²) in [6, 6.07) is 0. The van der Waals surface area contributed by atoms with Gasteiger partial charge in [0.15, 0.2) is 0 Å². The number of nitrogens with zero attached hydrogens (tertiary/aromatic N) is 1. The zero-order chi connectivity index (χ0) is 9.57. The molecule has 0 aliphatic heterocycles. The molecule has 0 aromatic carbocycles. The summed E-state index contributed by atoms with van der Waals surface area (Å²) in [6.45, 7) is 4.26. The summed E-state index contributed by atoms with van der Waals surface area (Å²) in [5.41, 5.74) is -0.740. The first-order valence-corrected chi connectivity index (χ1v) is 4.34. The van der Waals surface area contributed by atoms with Crippen LogP contribution in [0.5, 0.6) is 0 Å². The molecule has 1 atom stereocenters. The van der Waals surface area contributed by atoms with Crippen molar-refractivity contribution in [1.82, 2.24) is 4.90 Å². The predicted molar refractivity (Wildman–Crippen MR) is 45.4 cm³/mol. The van der Waals surface area contributed by atoms with Gasteiger partial charge in [-0.1, -0.05) is 13.8 Å². The highest BCUT2D eigenvalue weighted by atomic mass is 19.3. The molecule has 0 spiro atoms. The van der Waals surface area contributed by atoms with Crippen LogP contribution in [-0.2, 0) is 0 Å². The smallest absolute Gasteiger partial charge is 0.256 e. The van der Waals surface area contributed by atoms with Crippen LogP contribution in [0.2, 0.25) is 0 Å². The monoisotopic (exact) mass is 177 g/mol. The van der Waals surface area contributed by atoms with Crippen LogP contribution in [0.3, 0.4) is 0 Å². The zero-order valence-corrected chi connectivity index (χ0v) is 8.19. The van der Waals surface area contributed by atoms with E-state index in [9.17, 15) is 8.78 Å². The van der Waals surface area contributed by atoms with Gasteiger partial charge in [-0.3, -0.25) is 0 Å². The van der Waals surface area contributed by atoms with Gasteiger partial charge in [0.25, 0.3) is 5.92 Å². The van der Waals surface area contributed by atoms with Gasteiger partial charge in [-0.05, 0) is 20.0 Å². The molecule has 0 radical (unpaired) electrons. The maximum absolute atomic E-state index is 13.0. The molecule has 0 aromatic rings. The minimum Gasteiger partial charge on any atom is -0.309 e. The second kappa shape index (κ2) is 2.66. The Balaban J connectivity index is 2.66. The SMILES string of the molecule is CC(C)C1(CN(C)C)CC1(F)F. The van der Waals surface area contributed by atoms with Gasteiger partial charge >= 0.3 is 0 Å². The second-order valence-electron chi connectivity index (χ2n) is 4.43. The van der Waals surface area contributed by atoms with Crippen LogP contribution in [0.4, 0.5) is 8.78 Å². The Morgan fingerprint density at radius 2 is 1.75 bits per heavy atom. The van der Waals surface area contributed by atoms with Crippen molar-refractivity contribution >= 4 is 0 Å². The summed E-state index contributed by atoms with van der Waals surface area (Å²) in [4.78, 5) is 1.85. The van der Waals surface area contributed by atoms with E-state index < -0.39 is 11.3 Å². The highest BCUT2D eigenvalue weighted by Gasteiger charge is 2.71. The van der Waals surface area contributed by atoms with E-state index in [1.165, 1.54) is 0 Å². The van der Waals surface area contributed by atoms with Gasteiger partial charge < -0.3 is 4.90 Å². The summed E-state index contributed by atoms with van der Waals surface area (Å²) >= 11 is 0. The fraction of sp³-hybridized carbons (Fsp3) is 1.00. The highest BCUT2D eigenvalue weighted by molar-refractivity contribution is 5.12. The molecule has 0 N–H and O–H groups in total. The first-order valence-electron chi connectivity index (χ1n) is 4.34. The molecule has 1 saturated carbocycles. The molecule has 1 aliphatic rings. The third-order valence-electron chi connectivity index (χ3n) is 2.84. The Hall–Kier alpha value is -0.180. The predicted octanol–water partition coefficient (Wildman–Crippen LogP) is 2.23. The summed E-state index contributed by atoms with van der Waals surface area (Å²) in [5, 5.41) is 0. The Labute approximate surface area is 72.7 Å². The molecule has 1 nitrogen and oxygen atoms in total. The number of rotatable bonds is 3. The van der Waals surface area contributed by atoms with E-state index in [-0.39, 0.29) is 12.3 Å². The largest absolute Gasteiger partial charge is 0.309 e. The molecule has 72 valence electrons. The van der Waals surface area contributed by atoms with Crippen molar-refractivity contribution < 1.29 is 8.78 Å². The first-order chi connectivity index (χ1) is 5.32. The molecule has 0 bridgehead atoms. The first kappa shape index (κ1) is 9.90. The minimum absolute atomic E-state index is 0.0647. The maximum atomic E-state index is 13.0. The van der Waals surface area contributed by atoms with Crippen LogP contribution in [0.15, 0.2) is 0 Å². The standard InChI is InChI=1S/C9H17F2N/c1-7(2)8(6-12(3)4)5-9(8,10)11/h7H,5-6H2,1-4H3. The van der Waals surface area contributed by atoms with Crippen LogP contribution in [0.1, 0.15) is 20.3 Å². The van der Waals surface area contributed by atoms with Crippen LogP contribution < -0.4 is 0 Å². The summed E-state index contributed by atoms with van der Waals surface area (Å²) in [5.74, 6) is -2.36. The van der Waals surface area contributed by atoms with Crippen LogP contribution in [0.25, 0.3) is 0 Å². The lowest BCUT2D eigenvalue weighted by molar-refractivity contribution is 0.0327. The molecule has 1 rings (SSSR count). The molecule has 0 aromatic heterocycles. The quantitative estimate of drug-likeness (QED) is 0.639. The van der Waals surface area contributed by atoms with Crippen molar-refractivity contribution in [3.05, 3.63) is 0 Å². The molecule has 3 heteroatoms. The Morgan fingerprint density at radius 3 is 1.83 bits per heavy atom. The summed E-state index contributed by atoms with van der Waals surface area (Å²) in [7, 11) is 3.69. The van der Waals surface area contributed by atoms with Crippen molar-refractivity contribution in [2.75, 3.05) is 20.6 Å². The lowest BCUT2D eigenvalue weighted by Crippen LogP contribution is -2.31. The van der Waals surface area contributed by atoms with Crippen molar-refractivity contribution in [3.63, 3.8) is 0 Å². The van der Waals surface area contributed by atoms with Gasteiger partial charge in [0.05, 0.1) is 5.41 Å². The van der Waals surface area contributed by atoms with Crippen LogP contribution in [0, 0.1) is 11.3 Å². The molecule has 1 aliphatic carbocycles. The van der Waals surface area contributed by atoms with Gasteiger partial charge in [0.2, 0.25) is 0 Å². The minimum atomic E-state index is -2.43. The molecule has 12 heavy (non-hydrogen) atoms. The van der Waals surface area contributed by atoms with Crippen molar-refractivity contribution in [2.45, 2.75) is 26.2 Å². The third kappa shape index (κ3) is 1.35. The van der Waals surface area contributed by atoms with Crippen molar-refractivity contribution in [3.8, 4) is 0 Å². The van der Waals surface area contributed by atoms with Crippen LogP contribution >= 0.6 is 0 Å². The number of hydrogen-bond donors (Lipinski definition) is 0. The van der Waals surface area contributed by atoms with Crippen molar-refractivity contribution in [1.29, 1.82) is 0 Å². The Morgan fingerprint density at radius 1 is 1.33 bits per heavy atom. The highest BCUT2D eigenvalue weighted by Crippen LogP contribution is 2.64. The van der Waals surface area contributed by atoms with E-state index in [2.05, 4.69) is 0 Å². The zero-order valence-electron chi connectivity index (χ0n) is 8.19. The Bertz CT molecular complexity index is 177. The molecular weight excluding hydrogens is 160 g/mol. The summed E-state index contributed by atoms with van der Waals surface area (Å²) < 4.78 is 26.1. The van der Waals surface area contributed by atoms with E-state index >= 15 is 0 Å². The molecule has 0 saturated heterocycles. The molecule has 1 unspecified atom stereocenters. The molecule has 0 amide bonds. The summed E-state index contributed by atoms with van der Waals surface area (Å²) in [6.07, 6.45) is 0.0653. The van der Waals surface area contributed by atoms with Crippen LogP contribution in [-0.4, -0.2) is 31.5 Å². The average molecular weight is 177 g/mol. The normalized spacial score (nSPS) is 33.0. The van der Waals surface area contributed by atoms with E-state index in [1.807, 2.05) is 32.8 Å². The number of hydrogen-bond acceptors (Lipinski definition) is 1. The lowest BCUT2D eigenvalue weighted by atomic mass is 9.91. The second-order valence-corrected chi connectivity index (χ2v) is 4.43. The van der Waals surface area contributed by atoms with E-state index in [0.717, 1.165) is 0 Å². The maximum Gasteiger partial charge on any atom is 0.256 e. The molecule has 1 fully saturated rings. The number of halogens is 2. The Kier molecular flexibility index (Phi) is 2.19. The third-order valence-corrected chi connectivity index (χ3v) is 2.84. The van der Waals surface area contributed by atoms with E-state index in [4.69, 9.17) is 0 Å². The molecular formula is C9H17F2N. The molecule has 0 heterocycles.